The van der Waals surface area contributed by atoms with Crippen molar-refractivity contribution in [1.29, 1.82) is 0 Å². The van der Waals surface area contributed by atoms with Crippen LogP contribution in [0.2, 0.25) is 0 Å². The molecule has 0 aliphatic carbocycles. The van der Waals surface area contributed by atoms with E-state index in [4.69, 9.17) is 9.47 Å². The molecule has 0 saturated carbocycles. The summed E-state index contributed by atoms with van der Waals surface area (Å²) >= 11 is 0. The van der Waals surface area contributed by atoms with Crippen LogP contribution < -0.4 is 14.4 Å². The lowest BCUT2D eigenvalue weighted by Crippen LogP contribution is -2.28. The van der Waals surface area contributed by atoms with Gasteiger partial charge in [-0.25, -0.2) is 0 Å². The van der Waals surface area contributed by atoms with Gasteiger partial charge in [-0.15, -0.1) is 0 Å². The van der Waals surface area contributed by atoms with Crippen LogP contribution in [0.5, 0.6) is 11.5 Å². The molecule has 0 fully saturated rings. The van der Waals surface area contributed by atoms with Crippen LogP contribution in [-0.2, 0) is 6.42 Å². The van der Waals surface area contributed by atoms with Crippen LogP contribution >= 0.6 is 0 Å². The van der Waals surface area contributed by atoms with Crippen LogP contribution in [0.1, 0.15) is 15.9 Å². The predicted octanol–water partition coefficient (Wildman–Crippen LogP) is 2.91. The molecule has 0 bridgehead atoms. The number of fused-ring (bicyclic) bond motifs is 1. The third-order valence-electron chi connectivity index (χ3n) is 3.76. The molecule has 0 radical (unpaired) electrons. The van der Waals surface area contributed by atoms with Crippen molar-refractivity contribution in [2.24, 2.45) is 0 Å². The van der Waals surface area contributed by atoms with Gasteiger partial charge in [-0.1, -0.05) is 0 Å². The van der Waals surface area contributed by atoms with Crippen LogP contribution in [-0.4, -0.2) is 26.7 Å². The highest BCUT2D eigenvalue weighted by Crippen LogP contribution is 2.32. The average Bonchev–Trinajstić information content (AvgIpc) is 2.97. The second-order valence-corrected chi connectivity index (χ2v) is 4.93. The Morgan fingerprint density at radius 3 is 2.33 bits per heavy atom. The fraction of sp³-hybridized carbons (Fsp3) is 0.235. The number of anilines is 1. The molecule has 21 heavy (non-hydrogen) atoms. The van der Waals surface area contributed by atoms with Crippen LogP contribution in [0.4, 0.5) is 5.69 Å². The van der Waals surface area contributed by atoms with E-state index in [2.05, 4.69) is 0 Å². The molecule has 4 heteroatoms. The molecule has 0 saturated heterocycles. The number of carbonyl (C=O) groups is 1. The second-order valence-electron chi connectivity index (χ2n) is 4.93. The highest BCUT2D eigenvalue weighted by molar-refractivity contribution is 6.07. The first-order valence-corrected chi connectivity index (χ1v) is 6.86. The van der Waals surface area contributed by atoms with E-state index < -0.39 is 0 Å². The first-order valence-electron chi connectivity index (χ1n) is 6.86. The Labute approximate surface area is 123 Å². The summed E-state index contributed by atoms with van der Waals surface area (Å²) in [4.78, 5) is 14.4. The Kier molecular flexibility index (Phi) is 3.52. The fourth-order valence-electron chi connectivity index (χ4n) is 2.61. The number of amides is 1. The van der Waals surface area contributed by atoms with Crippen molar-refractivity contribution in [3.8, 4) is 11.5 Å². The molecule has 108 valence electrons. The number of methoxy groups -OCH3 is 2. The molecule has 1 aliphatic rings. The maximum absolute atomic E-state index is 12.6. The van der Waals surface area contributed by atoms with Gasteiger partial charge in [-0.2, -0.15) is 0 Å². The first-order chi connectivity index (χ1) is 10.2. The zero-order valence-electron chi connectivity index (χ0n) is 12.1. The van der Waals surface area contributed by atoms with Gasteiger partial charge in [0.15, 0.2) is 0 Å². The van der Waals surface area contributed by atoms with Gasteiger partial charge in [0.05, 0.1) is 14.2 Å². The molecule has 3 rings (SSSR count). The second kappa shape index (κ2) is 5.48. The van der Waals surface area contributed by atoms with Gasteiger partial charge in [0.1, 0.15) is 11.5 Å². The zero-order chi connectivity index (χ0) is 14.8. The molecule has 1 amide bonds. The summed E-state index contributed by atoms with van der Waals surface area (Å²) < 4.78 is 10.3. The van der Waals surface area contributed by atoms with Crippen LogP contribution in [0.15, 0.2) is 42.5 Å². The smallest absolute Gasteiger partial charge is 0.258 e. The van der Waals surface area contributed by atoms with Crippen LogP contribution in [0.25, 0.3) is 0 Å². The number of rotatable bonds is 3. The predicted molar refractivity (Wildman–Crippen MR) is 81.4 cm³/mol. The molecule has 0 spiro atoms. The number of nitrogens with zero attached hydrogens (tertiary/aromatic N) is 1. The molecule has 2 aromatic carbocycles. The summed E-state index contributed by atoms with van der Waals surface area (Å²) in [7, 11) is 3.26. The van der Waals surface area contributed by atoms with Gasteiger partial charge in [0, 0.05) is 17.8 Å². The number of hydrogen-bond acceptors (Lipinski definition) is 3. The lowest BCUT2D eigenvalue weighted by Gasteiger charge is -2.17. The Morgan fingerprint density at radius 2 is 1.67 bits per heavy atom. The quantitative estimate of drug-likeness (QED) is 0.869. The van der Waals surface area contributed by atoms with E-state index in [1.807, 2.05) is 23.1 Å². The highest BCUT2D eigenvalue weighted by Gasteiger charge is 2.25. The third kappa shape index (κ3) is 2.44. The SMILES string of the molecule is COc1ccc(C(=O)N2CCc3cc(OC)ccc32)cc1. The maximum Gasteiger partial charge on any atom is 0.258 e. The van der Waals surface area contributed by atoms with Crippen molar-refractivity contribution in [2.75, 3.05) is 25.7 Å². The third-order valence-corrected chi connectivity index (χ3v) is 3.76. The van der Waals surface area contributed by atoms with Gasteiger partial charge in [-0.3, -0.25) is 4.79 Å². The molecular weight excluding hydrogens is 266 g/mol. The molecule has 0 N–H and O–H groups in total. The van der Waals surface area contributed by atoms with Gasteiger partial charge in [0.25, 0.3) is 5.91 Å². The summed E-state index contributed by atoms with van der Waals surface area (Å²) in [5, 5.41) is 0. The van der Waals surface area contributed by atoms with E-state index in [1.165, 1.54) is 0 Å². The van der Waals surface area contributed by atoms with E-state index in [9.17, 15) is 4.79 Å². The lowest BCUT2D eigenvalue weighted by atomic mass is 10.1. The first kappa shape index (κ1) is 13.5. The van der Waals surface area contributed by atoms with Gasteiger partial charge >= 0.3 is 0 Å². The van der Waals surface area contributed by atoms with Crippen molar-refractivity contribution < 1.29 is 14.3 Å². The number of ether oxygens (including phenoxy) is 2. The zero-order valence-corrected chi connectivity index (χ0v) is 12.1. The summed E-state index contributed by atoms with van der Waals surface area (Å²) in [5.74, 6) is 1.59. The monoisotopic (exact) mass is 283 g/mol. The minimum absolute atomic E-state index is 0.0153. The fourth-order valence-corrected chi connectivity index (χ4v) is 2.61. The molecule has 2 aromatic rings. The standard InChI is InChI=1S/C17H17NO3/c1-20-14-5-3-12(4-6-14)17(19)18-10-9-13-11-15(21-2)7-8-16(13)18/h3-8,11H,9-10H2,1-2H3. The number of carbonyl (C=O) groups excluding carboxylic acids is 1. The van der Waals surface area contributed by atoms with E-state index >= 15 is 0 Å². The van der Waals surface area contributed by atoms with Crippen molar-refractivity contribution in [3.05, 3.63) is 53.6 Å². The van der Waals surface area contributed by atoms with Gasteiger partial charge < -0.3 is 14.4 Å². The summed E-state index contributed by atoms with van der Waals surface area (Å²) in [6.07, 6.45) is 0.856. The minimum Gasteiger partial charge on any atom is -0.497 e. The molecular formula is C17H17NO3. The Bertz CT molecular complexity index is 664. The maximum atomic E-state index is 12.6. The number of benzene rings is 2. The molecule has 0 unspecified atom stereocenters. The molecule has 4 nitrogen and oxygen atoms in total. The lowest BCUT2D eigenvalue weighted by molar-refractivity contribution is 0.0989. The van der Waals surface area contributed by atoms with E-state index in [-0.39, 0.29) is 5.91 Å². The molecule has 0 aromatic heterocycles. The highest BCUT2D eigenvalue weighted by atomic mass is 16.5. The van der Waals surface area contributed by atoms with Gasteiger partial charge in [-0.05, 0) is 54.4 Å². The van der Waals surface area contributed by atoms with E-state index in [0.29, 0.717) is 12.1 Å². The Balaban J connectivity index is 1.87. The van der Waals surface area contributed by atoms with Crippen molar-refractivity contribution in [2.45, 2.75) is 6.42 Å². The van der Waals surface area contributed by atoms with Crippen LogP contribution in [0.3, 0.4) is 0 Å². The van der Waals surface area contributed by atoms with Crippen LogP contribution in [0, 0.1) is 0 Å². The minimum atomic E-state index is 0.0153. The summed E-state index contributed by atoms with van der Waals surface area (Å²) in [6, 6.07) is 13.0. The molecule has 1 aliphatic heterocycles. The summed E-state index contributed by atoms with van der Waals surface area (Å²) in [6.45, 7) is 0.702. The van der Waals surface area contributed by atoms with Crippen molar-refractivity contribution in [3.63, 3.8) is 0 Å². The van der Waals surface area contributed by atoms with Gasteiger partial charge in [0.2, 0.25) is 0 Å². The van der Waals surface area contributed by atoms with E-state index in [1.54, 1.807) is 38.5 Å². The van der Waals surface area contributed by atoms with Crippen molar-refractivity contribution >= 4 is 11.6 Å². The van der Waals surface area contributed by atoms with E-state index in [0.717, 1.165) is 29.2 Å². The van der Waals surface area contributed by atoms with Crippen molar-refractivity contribution in [1.82, 2.24) is 0 Å². The largest absolute Gasteiger partial charge is 0.497 e. The normalized spacial score (nSPS) is 13.0. The Hall–Kier alpha value is -2.49. The molecule has 0 atom stereocenters. The average molecular weight is 283 g/mol. The molecule has 1 heterocycles. The number of hydrogen-bond donors (Lipinski definition) is 0. The topological polar surface area (TPSA) is 38.8 Å². The summed E-state index contributed by atoms with van der Waals surface area (Å²) in [5.41, 5.74) is 2.78. The Morgan fingerprint density at radius 1 is 1.00 bits per heavy atom.